The van der Waals surface area contributed by atoms with Gasteiger partial charge in [0.15, 0.2) is 0 Å². The van der Waals surface area contributed by atoms with Gasteiger partial charge in [-0.15, -0.1) is 11.6 Å². The fraction of sp³-hybridized carbons (Fsp3) is 0.500. The molecule has 0 radical (unpaired) electrons. The van der Waals surface area contributed by atoms with Crippen molar-refractivity contribution in [2.45, 2.75) is 18.2 Å². The van der Waals surface area contributed by atoms with Gasteiger partial charge in [-0.25, -0.2) is 0 Å². The normalized spacial score (nSPS) is 31.3. The molecule has 2 N–H and O–H groups in total. The third kappa shape index (κ3) is 2.22. The van der Waals surface area contributed by atoms with Crippen LogP contribution < -0.4 is 5.73 Å². The number of nitrogens with two attached hydrogens (primary N) is 1. The molecule has 0 heterocycles. The Morgan fingerprint density at radius 2 is 2.36 bits per heavy atom. The maximum atomic E-state index is 6.04. The summed E-state index contributed by atoms with van der Waals surface area (Å²) in [6.07, 6.45) is 4.64. The van der Waals surface area contributed by atoms with Crippen molar-refractivity contribution < 1.29 is 0 Å². The van der Waals surface area contributed by atoms with Gasteiger partial charge in [0, 0.05) is 11.6 Å². The van der Waals surface area contributed by atoms with Crippen LogP contribution in [0.5, 0.6) is 0 Å². The molecule has 0 saturated carbocycles. The quantitative estimate of drug-likeness (QED) is 0.634. The number of alkyl halides is 1. The van der Waals surface area contributed by atoms with Crippen LogP contribution in [-0.4, -0.2) is 11.4 Å². The van der Waals surface area contributed by atoms with Crippen LogP contribution in [0.3, 0.4) is 0 Å². The zero-order valence-corrected chi connectivity index (χ0v) is 7.91. The molecule has 3 heteroatoms. The highest BCUT2D eigenvalue weighted by atomic mass is 35.5. The molecule has 1 nitrogen and oxygen atoms in total. The second-order valence-electron chi connectivity index (χ2n) is 2.91. The molecule has 62 valence electrons. The maximum Gasteiger partial charge on any atom is 0.0649 e. The standard InChI is InChI=1S/C8H11Cl2N/c1-8(10)3-2-6(5-11)7(9)4-8/h2,4H,3,5,11H2,1H3. The lowest BCUT2D eigenvalue weighted by molar-refractivity contribution is 0.770. The van der Waals surface area contributed by atoms with Gasteiger partial charge in [0.1, 0.15) is 0 Å². The molecule has 0 aliphatic heterocycles. The Kier molecular flexibility index (Phi) is 2.63. The summed E-state index contributed by atoms with van der Waals surface area (Å²) in [5.74, 6) is 0. The van der Waals surface area contributed by atoms with E-state index in [0.717, 1.165) is 12.0 Å². The summed E-state index contributed by atoms with van der Waals surface area (Å²) in [4.78, 5) is -0.324. The average Bonchev–Trinajstić information content (AvgIpc) is 1.86. The Morgan fingerprint density at radius 1 is 1.73 bits per heavy atom. The van der Waals surface area contributed by atoms with Gasteiger partial charge in [0.25, 0.3) is 0 Å². The molecule has 1 atom stereocenters. The molecule has 0 spiro atoms. The van der Waals surface area contributed by atoms with Gasteiger partial charge in [-0.1, -0.05) is 17.7 Å². The van der Waals surface area contributed by atoms with Crippen molar-refractivity contribution in [2.24, 2.45) is 5.73 Å². The highest BCUT2D eigenvalue weighted by molar-refractivity contribution is 6.34. The molecule has 1 rings (SSSR count). The molecule has 1 aliphatic rings. The molecule has 0 aromatic carbocycles. The Hall–Kier alpha value is 0.0200. The molecule has 0 bridgehead atoms. The number of hydrogen-bond acceptors (Lipinski definition) is 1. The molecule has 0 aromatic rings. The number of rotatable bonds is 1. The third-order valence-electron chi connectivity index (χ3n) is 1.70. The average molecular weight is 192 g/mol. The molecule has 11 heavy (non-hydrogen) atoms. The van der Waals surface area contributed by atoms with E-state index in [0.29, 0.717) is 11.6 Å². The number of halogens is 2. The smallest absolute Gasteiger partial charge is 0.0649 e. The lowest BCUT2D eigenvalue weighted by Gasteiger charge is -2.21. The first-order valence-corrected chi connectivity index (χ1v) is 4.27. The van der Waals surface area contributed by atoms with E-state index in [4.69, 9.17) is 28.9 Å². The second kappa shape index (κ2) is 3.18. The van der Waals surface area contributed by atoms with Crippen LogP contribution in [0.2, 0.25) is 0 Å². The Balaban J connectivity index is 2.82. The van der Waals surface area contributed by atoms with Gasteiger partial charge in [-0.3, -0.25) is 0 Å². The van der Waals surface area contributed by atoms with Gasteiger partial charge in [0.2, 0.25) is 0 Å². The van der Waals surface area contributed by atoms with Crippen molar-refractivity contribution in [1.82, 2.24) is 0 Å². The van der Waals surface area contributed by atoms with E-state index in [1.54, 1.807) is 0 Å². The summed E-state index contributed by atoms with van der Waals surface area (Å²) in [6.45, 7) is 2.42. The summed E-state index contributed by atoms with van der Waals surface area (Å²) in [5, 5.41) is 0.691. The van der Waals surface area contributed by atoms with E-state index >= 15 is 0 Å². The van der Waals surface area contributed by atoms with Crippen molar-refractivity contribution in [3.63, 3.8) is 0 Å². The predicted molar refractivity (Wildman–Crippen MR) is 49.9 cm³/mol. The van der Waals surface area contributed by atoms with E-state index in [1.807, 2.05) is 19.1 Å². The van der Waals surface area contributed by atoms with Gasteiger partial charge in [-0.2, -0.15) is 0 Å². The molecule has 1 aliphatic carbocycles. The summed E-state index contributed by atoms with van der Waals surface area (Å²) >= 11 is 11.9. The number of hydrogen-bond donors (Lipinski definition) is 1. The van der Waals surface area contributed by atoms with Crippen molar-refractivity contribution in [3.05, 3.63) is 22.8 Å². The molecular weight excluding hydrogens is 181 g/mol. The van der Waals surface area contributed by atoms with Crippen molar-refractivity contribution in [3.8, 4) is 0 Å². The lowest BCUT2D eigenvalue weighted by atomic mass is 9.97. The van der Waals surface area contributed by atoms with Gasteiger partial charge in [-0.05, 0) is 25.0 Å². The van der Waals surface area contributed by atoms with E-state index in [2.05, 4.69) is 0 Å². The van der Waals surface area contributed by atoms with Crippen LogP contribution in [0.4, 0.5) is 0 Å². The highest BCUT2D eigenvalue weighted by Crippen LogP contribution is 2.32. The van der Waals surface area contributed by atoms with Crippen molar-refractivity contribution in [2.75, 3.05) is 6.54 Å². The summed E-state index contributed by atoms with van der Waals surface area (Å²) in [7, 11) is 0. The molecular formula is C8H11Cl2N. The highest BCUT2D eigenvalue weighted by Gasteiger charge is 2.21. The van der Waals surface area contributed by atoms with Crippen LogP contribution in [-0.2, 0) is 0 Å². The predicted octanol–water partition coefficient (Wildman–Crippen LogP) is 2.40. The minimum Gasteiger partial charge on any atom is -0.326 e. The molecule has 0 aromatic heterocycles. The van der Waals surface area contributed by atoms with E-state index in [-0.39, 0.29) is 4.87 Å². The van der Waals surface area contributed by atoms with Crippen molar-refractivity contribution in [1.29, 1.82) is 0 Å². The number of allylic oxidation sites excluding steroid dienone is 2. The summed E-state index contributed by atoms with van der Waals surface area (Å²) in [6, 6.07) is 0. The van der Waals surface area contributed by atoms with Gasteiger partial charge >= 0.3 is 0 Å². The minimum atomic E-state index is -0.324. The Labute approximate surface area is 76.9 Å². The van der Waals surface area contributed by atoms with E-state index < -0.39 is 0 Å². The fourth-order valence-electron chi connectivity index (χ4n) is 1.02. The zero-order chi connectivity index (χ0) is 8.48. The second-order valence-corrected chi connectivity index (χ2v) is 4.18. The molecule has 1 unspecified atom stereocenters. The van der Waals surface area contributed by atoms with Crippen LogP contribution in [0.25, 0.3) is 0 Å². The zero-order valence-electron chi connectivity index (χ0n) is 6.40. The third-order valence-corrected chi connectivity index (χ3v) is 2.32. The SMILES string of the molecule is CC1(Cl)C=C(Cl)C(CN)=CC1. The summed E-state index contributed by atoms with van der Waals surface area (Å²) in [5.41, 5.74) is 6.44. The lowest BCUT2D eigenvalue weighted by Crippen LogP contribution is -2.18. The van der Waals surface area contributed by atoms with Gasteiger partial charge in [0.05, 0.1) is 4.87 Å². The topological polar surface area (TPSA) is 26.0 Å². The van der Waals surface area contributed by atoms with E-state index in [9.17, 15) is 0 Å². The minimum absolute atomic E-state index is 0.324. The van der Waals surface area contributed by atoms with Gasteiger partial charge < -0.3 is 5.73 Å². The monoisotopic (exact) mass is 191 g/mol. The maximum absolute atomic E-state index is 6.04. The molecule has 0 amide bonds. The van der Waals surface area contributed by atoms with Crippen LogP contribution in [0.15, 0.2) is 22.8 Å². The molecule has 0 saturated heterocycles. The Bertz CT molecular complexity index is 216. The first-order chi connectivity index (χ1) is 5.05. The summed E-state index contributed by atoms with van der Waals surface area (Å²) < 4.78 is 0. The van der Waals surface area contributed by atoms with Crippen LogP contribution >= 0.6 is 23.2 Å². The largest absolute Gasteiger partial charge is 0.326 e. The first kappa shape index (κ1) is 9.11. The van der Waals surface area contributed by atoms with Crippen molar-refractivity contribution >= 4 is 23.2 Å². The first-order valence-electron chi connectivity index (χ1n) is 3.52. The fourth-order valence-corrected chi connectivity index (χ4v) is 1.65. The van der Waals surface area contributed by atoms with Crippen LogP contribution in [0, 0.1) is 0 Å². The molecule has 0 fully saturated rings. The van der Waals surface area contributed by atoms with Crippen LogP contribution in [0.1, 0.15) is 13.3 Å². The Morgan fingerprint density at radius 3 is 2.82 bits per heavy atom. The van der Waals surface area contributed by atoms with E-state index in [1.165, 1.54) is 0 Å².